The van der Waals surface area contributed by atoms with Gasteiger partial charge in [0, 0.05) is 0 Å². The number of nitrogens with zero attached hydrogens (tertiary/aromatic N) is 2. The van der Waals surface area contributed by atoms with Gasteiger partial charge in [-0.25, -0.2) is 0 Å². The zero-order chi connectivity index (χ0) is 10.6. The molecule has 14 heavy (non-hydrogen) atoms. The van der Waals surface area contributed by atoms with E-state index in [4.69, 9.17) is 10.3 Å². The summed E-state index contributed by atoms with van der Waals surface area (Å²) in [5.74, 6) is 2.08. The lowest BCUT2D eigenvalue weighted by atomic mass is 10.2. The van der Waals surface area contributed by atoms with Crippen LogP contribution < -0.4 is 5.73 Å². The molecule has 0 aromatic carbocycles. The van der Waals surface area contributed by atoms with Crippen LogP contribution in [0, 0.1) is 0 Å². The molecular weight excluding hydrogens is 198 g/mol. The molecule has 0 aliphatic rings. The van der Waals surface area contributed by atoms with E-state index in [0.717, 1.165) is 18.0 Å². The lowest BCUT2D eigenvalue weighted by Crippen LogP contribution is -2.08. The summed E-state index contributed by atoms with van der Waals surface area (Å²) in [6, 6.07) is -0.125. The second-order valence-corrected chi connectivity index (χ2v) is 4.99. The molecule has 1 heterocycles. The van der Waals surface area contributed by atoms with Crippen molar-refractivity contribution in [3.05, 3.63) is 11.7 Å². The lowest BCUT2D eigenvalue weighted by molar-refractivity contribution is 0.349. The molecule has 1 aromatic rings. The van der Waals surface area contributed by atoms with Crippen molar-refractivity contribution in [1.29, 1.82) is 0 Å². The molecule has 0 bridgehead atoms. The van der Waals surface area contributed by atoms with Crippen LogP contribution in [0.3, 0.4) is 0 Å². The first-order valence-electron chi connectivity index (χ1n) is 4.83. The van der Waals surface area contributed by atoms with Crippen LogP contribution in [0.2, 0.25) is 0 Å². The summed E-state index contributed by atoms with van der Waals surface area (Å²) in [5.41, 5.74) is 5.76. The molecule has 1 atom stereocenters. The normalized spacial score (nSPS) is 13.5. The highest BCUT2D eigenvalue weighted by Crippen LogP contribution is 2.17. The van der Waals surface area contributed by atoms with Crippen LogP contribution in [0.25, 0.3) is 0 Å². The molecule has 4 nitrogen and oxygen atoms in total. The topological polar surface area (TPSA) is 64.9 Å². The first kappa shape index (κ1) is 11.5. The third kappa shape index (κ3) is 3.31. The van der Waals surface area contributed by atoms with E-state index in [1.165, 1.54) is 0 Å². The van der Waals surface area contributed by atoms with E-state index in [1.807, 2.05) is 6.92 Å². The van der Waals surface area contributed by atoms with Gasteiger partial charge in [0.15, 0.2) is 5.82 Å². The lowest BCUT2D eigenvalue weighted by Gasteiger charge is -2.00. The summed E-state index contributed by atoms with van der Waals surface area (Å²) in [6.07, 6.45) is 0.818. The minimum absolute atomic E-state index is 0.125. The van der Waals surface area contributed by atoms with Crippen molar-refractivity contribution >= 4 is 11.8 Å². The van der Waals surface area contributed by atoms with Crippen molar-refractivity contribution in [3.8, 4) is 0 Å². The zero-order valence-electron chi connectivity index (χ0n) is 8.86. The average Bonchev–Trinajstić information content (AvgIpc) is 2.62. The van der Waals surface area contributed by atoms with Crippen molar-refractivity contribution < 1.29 is 4.52 Å². The van der Waals surface area contributed by atoms with Crippen LogP contribution in [-0.2, 0) is 5.75 Å². The van der Waals surface area contributed by atoms with Crippen LogP contribution in [0.1, 0.15) is 44.9 Å². The van der Waals surface area contributed by atoms with Crippen LogP contribution in [0.4, 0.5) is 0 Å². The molecular formula is C9H17N3OS. The molecule has 0 unspecified atom stereocenters. The third-order valence-electron chi connectivity index (χ3n) is 1.79. The van der Waals surface area contributed by atoms with Gasteiger partial charge in [-0.3, -0.25) is 0 Å². The fourth-order valence-corrected chi connectivity index (χ4v) is 1.49. The predicted octanol–water partition coefficient (Wildman–Crippen LogP) is 2.12. The Morgan fingerprint density at radius 3 is 2.79 bits per heavy atom. The van der Waals surface area contributed by atoms with Crippen molar-refractivity contribution in [2.45, 2.75) is 44.2 Å². The molecule has 0 spiro atoms. The number of rotatable bonds is 5. The highest BCUT2D eigenvalue weighted by atomic mass is 32.2. The van der Waals surface area contributed by atoms with E-state index in [0.29, 0.717) is 11.1 Å². The Bertz CT molecular complexity index is 275. The molecule has 0 radical (unpaired) electrons. The van der Waals surface area contributed by atoms with Crippen LogP contribution in [-0.4, -0.2) is 15.4 Å². The maximum Gasteiger partial charge on any atom is 0.243 e. The van der Waals surface area contributed by atoms with Crippen molar-refractivity contribution in [2.24, 2.45) is 5.73 Å². The quantitative estimate of drug-likeness (QED) is 0.815. The van der Waals surface area contributed by atoms with E-state index in [2.05, 4.69) is 24.0 Å². The third-order valence-corrected chi connectivity index (χ3v) is 2.88. The number of nitrogens with two attached hydrogens (primary N) is 1. The van der Waals surface area contributed by atoms with Crippen molar-refractivity contribution in [2.75, 3.05) is 0 Å². The van der Waals surface area contributed by atoms with Crippen LogP contribution >= 0.6 is 11.8 Å². The summed E-state index contributed by atoms with van der Waals surface area (Å²) in [5, 5.41) is 4.45. The molecule has 0 aliphatic carbocycles. The van der Waals surface area contributed by atoms with Crippen LogP contribution in [0.5, 0.6) is 0 Å². The molecule has 0 saturated heterocycles. The minimum Gasteiger partial charge on any atom is -0.338 e. The van der Waals surface area contributed by atoms with E-state index in [-0.39, 0.29) is 6.04 Å². The summed E-state index contributed by atoms with van der Waals surface area (Å²) in [4.78, 5) is 4.23. The molecule has 2 N–H and O–H groups in total. The Hall–Kier alpha value is -0.550. The molecule has 5 heteroatoms. The average molecular weight is 215 g/mol. The molecule has 1 rings (SSSR count). The Kier molecular flexibility index (Phi) is 4.41. The van der Waals surface area contributed by atoms with E-state index in [9.17, 15) is 0 Å². The second kappa shape index (κ2) is 5.36. The van der Waals surface area contributed by atoms with E-state index >= 15 is 0 Å². The highest BCUT2D eigenvalue weighted by molar-refractivity contribution is 7.99. The first-order valence-corrected chi connectivity index (χ1v) is 5.88. The van der Waals surface area contributed by atoms with Crippen molar-refractivity contribution in [1.82, 2.24) is 10.1 Å². The molecule has 0 aliphatic heterocycles. The SMILES string of the molecule is CC[C@H](N)c1nc(CSC(C)C)no1. The van der Waals surface area contributed by atoms with Gasteiger partial charge in [-0.2, -0.15) is 16.7 Å². The Balaban J connectivity index is 2.50. The summed E-state index contributed by atoms with van der Waals surface area (Å²) < 4.78 is 5.05. The Morgan fingerprint density at radius 2 is 2.21 bits per heavy atom. The van der Waals surface area contributed by atoms with E-state index in [1.54, 1.807) is 11.8 Å². The van der Waals surface area contributed by atoms with Gasteiger partial charge in [0.05, 0.1) is 11.8 Å². The van der Waals surface area contributed by atoms with Crippen molar-refractivity contribution in [3.63, 3.8) is 0 Å². The van der Waals surface area contributed by atoms with Crippen LogP contribution in [0.15, 0.2) is 4.52 Å². The maximum absolute atomic E-state index is 5.76. The maximum atomic E-state index is 5.76. The monoisotopic (exact) mass is 215 g/mol. The van der Waals surface area contributed by atoms with Gasteiger partial charge in [-0.05, 0) is 11.7 Å². The summed E-state index contributed by atoms with van der Waals surface area (Å²) in [6.45, 7) is 6.28. The molecule has 80 valence electrons. The molecule has 0 amide bonds. The molecule has 0 fully saturated rings. The predicted molar refractivity (Wildman–Crippen MR) is 57.9 cm³/mol. The van der Waals surface area contributed by atoms with Gasteiger partial charge < -0.3 is 10.3 Å². The first-order chi connectivity index (χ1) is 6.63. The zero-order valence-corrected chi connectivity index (χ0v) is 9.67. The highest BCUT2D eigenvalue weighted by Gasteiger charge is 2.12. The minimum atomic E-state index is -0.125. The second-order valence-electron chi connectivity index (χ2n) is 3.42. The van der Waals surface area contributed by atoms with Gasteiger partial charge in [-0.1, -0.05) is 25.9 Å². The molecule has 0 saturated carbocycles. The Morgan fingerprint density at radius 1 is 1.50 bits per heavy atom. The summed E-state index contributed by atoms with van der Waals surface area (Å²) in [7, 11) is 0. The number of hydrogen-bond acceptors (Lipinski definition) is 5. The number of hydrogen-bond donors (Lipinski definition) is 1. The number of thioether (sulfide) groups is 1. The number of aromatic nitrogens is 2. The Labute approximate surface area is 88.6 Å². The smallest absolute Gasteiger partial charge is 0.243 e. The van der Waals surface area contributed by atoms with Gasteiger partial charge in [0.25, 0.3) is 0 Å². The molecule has 1 aromatic heterocycles. The summed E-state index contributed by atoms with van der Waals surface area (Å²) >= 11 is 1.79. The fraction of sp³-hybridized carbons (Fsp3) is 0.778. The van der Waals surface area contributed by atoms with Gasteiger partial charge >= 0.3 is 0 Å². The van der Waals surface area contributed by atoms with Gasteiger partial charge in [0.1, 0.15) is 0 Å². The van der Waals surface area contributed by atoms with E-state index < -0.39 is 0 Å². The fourth-order valence-electron chi connectivity index (χ4n) is 0.893. The van der Waals surface area contributed by atoms with Gasteiger partial charge in [0.2, 0.25) is 5.89 Å². The standard InChI is InChI=1S/C9H17N3OS/c1-4-7(10)9-11-8(12-13-9)5-14-6(2)3/h6-7H,4-5,10H2,1-3H3/t7-/m0/s1. The largest absolute Gasteiger partial charge is 0.338 e. The van der Waals surface area contributed by atoms with Gasteiger partial charge in [-0.15, -0.1) is 0 Å².